The Morgan fingerprint density at radius 3 is 2.82 bits per heavy atom. The lowest BCUT2D eigenvalue weighted by atomic mass is 10.1. The summed E-state index contributed by atoms with van der Waals surface area (Å²) in [6.45, 7) is 4.07. The van der Waals surface area contributed by atoms with Crippen molar-refractivity contribution >= 4 is 5.91 Å². The zero-order chi connectivity index (χ0) is 12.8. The number of amides is 1. The summed E-state index contributed by atoms with van der Waals surface area (Å²) in [6.07, 6.45) is 1.73. The molecule has 6 nitrogen and oxygen atoms in total. The molecule has 6 heteroatoms. The Labute approximate surface area is 100 Å². The highest BCUT2D eigenvalue weighted by Crippen LogP contribution is 2.23. The molecule has 0 unspecified atom stereocenters. The van der Waals surface area contributed by atoms with Crippen molar-refractivity contribution in [1.82, 2.24) is 10.5 Å². The second-order valence-electron chi connectivity index (χ2n) is 3.62. The van der Waals surface area contributed by atoms with E-state index in [2.05, 4.69) is 10.5 Å². The van der Waals surface area contributed by atoms with Gasteiger partial charge in [0.1, 0.15) is 12.4 Å². The molecule has 0 atom stereocenters. The minimum Gasteiger partial charge on any atom is -0.496 e. The van der Waals surface area contributed by atoms with Crippen molar-refractivity contribution < 1.29 is 14.4 Å². The van der Waals surface area contributed by atoms with E-state index in [0.29, 0.717) is 6.54 Å². The Kier molecular flexibility index (Phi) is 4.86. The Bertz CT molecular complexity index is 407. The quantitative estimate of drug-likeness (QED) is 0.547. The van der Waals surface area contributed by atoms with Crippen molar-refractivity contribution in [1.29, 1.82) is 0 Å². The molecule has 0 radical (unpaired) electrons. The highest BCUT2D eigenvalue weighted by molar-refractivity contribution is 5.74. The molecule has 1 rings (SSSR count). The third-order valence-corrected chi connectivity index (χ3v) is 2.31. The van der Waals surface area contributed by atoms with Gasteiger partial charge in [0.25, 0.3) is 0 Å². The lowest BCUT2D eigenvalue weighted by Crippen LogP contribution is -2.25. The van der Waals surface area contributed by atoms with Crippen LogP contribution in [0.2, 0.25) is 0 Å². The number of carbonyl (C=O) groups is 1. The van der Waals surface area contributed by atoms with Gasteiger partial charge in [0.15, 0.2) is 0 Å². The van der Waals surface area contributed by atoms with E-state index in [0.717, 1.165) is 22.6 Å². The predicted molar refractivity (Wildman–Crippen MR) is 62.2 cm³/mol. The van der Waals surface area contributed by atoms with Crippen LogP contribution >= 0.6 is 0 Å². The van der Waals surface area contributed by atoms with Gasteiger partial charge in [0.05, 0.1) is 19.3 Å². The summed E-state index contributed by atoms with van der Waals surface area (Å²) in [7, 11) is 1.62. The molecule has 3 N–H and O–H groups in total. The fraction of sp³-hybridized carbons (Fsp3) is 0.455. The molecular weight excluding hydrogens is 222 g/mol. The Morgan fingerprint density at radius 1 is 1.53 bits per heavy atom. The van der Waals surface area contributed by atoms with Crippen molar-refractivity contribution in [2.75, 3.05) is 13.7 Å². The first-order chi connectivity index (χ1) is 8.06. The fourth-order valence-electron chi connectivity index (χ4n) is 1.49. The maximum atomic E-state index is 10.4. The van der Waals surface area contributed by atoms with Crippen LogP contribution in [0.4, 0.5) is 0 Å². The van der Waals surface area contributed by atoms with Crippen LogP contribution in [0.1, 0.15) is 16.8 Å². The molecule has 0 spiro atoms. The number of nitrogens with two attached hydrogens (primary N) is 1. The van der Waals surface area contributed by atoms with E-state index in [9.17, 15) is 4.79 Å². The number of hydrogen-bond acceptors (Lipinski definition) is 5. The van der Waals surface area contributed by atoms with Crippen LogP contribution in [-0.2, 0) is 16.2 Å². The molecule has 0 bridgehead atoms. The van der Waals surface area contributed by atoms with Crippen LogP contribution in [0.3, 0.4) is 0 Å². The van der Waals surface area contributed by atoms with Gasteiger partial charge in [-0.1, -0.05) is 0 Å². The first-order valence-electron chi connectivity index (χ1n) is 5.18. The van der Waals surface area contributed by atoms with E-state index in [-0.39, 0.29) is 6.61 Å². The molecule has 0 aliphatic carbocycles. The third kappa shape index (κ3) is 3.69. The van der Waals surface area contributed by atoms with E-state index in [1.165, 1.54) is 0 Å². The van der Waals surface area contributed by atoms with Gasteiger partial charge in [-0.2, -0.15) is 5.48 Å². The number of aromatic nitrogens is 1. The van der Waals surface area contributed by atoms with Gasteiger partial charge in [0.2, 0.25) is 5.91 Å². The van der Waals surface area contributed by atoms with Gasteiger partial charge >= 0.3 is 0 Å². The summed E-state index contributed by atoms with van der Waals surface area (Å²) in [4.78, 5) is 19.6. The molecule has 1 aromatic heterocycles. The van der Waals surface area contributed by atoms with Crippen LogP contribution in [0.15, 0.2) is 6.20 Å². The van der Waals surface area contributed by atoms with E-state index < -0.39 is 5.91 Å². The number of rotatable bonds is 6. The van der Waals surface area contributed by atoms with Gasteiger partial charge in [-0.15, -0.1) is 0 Å². The Morgan fingerprint density at radius 2 is 2.24 bits per heavy atom. The van der Waals surface area contributed by atoms with E-state index in [4.69, 9.17) is 15.3 Å². The maximum Gasteiger partial charge on any atom is 0.245 e. The molecule has 1 heterocycles. The van der Waals surface area contributed by atoms with Gasteiger partial charge in [-0.25, -0.2) is 0 Å². The monoisotopic (exact) mass is 239 g/mol. The van der Waals surface area contributed by atoms with Crippen molar-refractivity contribution in [3.63, 3.8) is 0 Å². The predicted octanol–water partition coefficient (Wildman–Crippen LogP) is 0.214. The SMILES string of the molecule is COc1c(C)cnc(CNOCC(N)=O)c1C. The number of nitrogens with zero attached hydrogens (tertiary/aromatic N) is 1. The Hall–Kier alpha value is -1.66. The van der Waals surface area contributed by atoms with Gasteiger partial charge < -0.3 is 10.5 Å². The second kappa shape index (κ2) is 6.17. The average molecular weight is 239 g/mol. The summed E-state index contributed by atoms with van der Waals surface area (Å²) in [5.74, 6) is 0.287. The minimum absolute atomic E-state index is 0.165. The van der Waals surface area contributed by atoms with Gasteiger partial charge in [-0.05, 0) is 13.8 Å². The van der Waals surface area contributed by atoms with E-state index >= 15 is 0 Å². The largest absolute Gasteiger partial charge is 0.496 e. The summed E-state index contributed by atoms with van der Waals surface area (Å²) in [6, 6.07) is 0. The first kappa shape index (κ1) is 13.4. The first-order valence-corrected chi connectivity index (χ1v) is 5.18. The second-order valence-corrected chi connectivity index (χ2v) is 3.62. The number of hydrogen-bond donors (Lipinski definition) is 2. The van der Waals surface area contributed by atoms with Crippen LogP contribution in [0, 0.1) is 13.8 Å². The fourth-order valence-corrected chi connectivity index (χ4v) is 1.49. The molecule has 0 saturated carbocycles. The number of ether oxygens (including phenoxy) is 1. The molecule has 1 amide bonds. The molecule has 0 aromatic carbocycles. The summed E-state index contributed by atoms with van der Waals surface area (Å²) < 4.78 is 5.28. The lowest BCUT2D eigenvalue weighted by Gasteiger charge is -2.12. The maximum absolute atomic E-state index is 10.4. The van der Waals surface area contributed by atoms with Crippen molar-refractivity contribution in [3.8, 4) is 5.75 Å². The normalized spacial score (nSPS) is 10.3. The van der Waals surface area contributed by atoms with E-state index in [1.807, 2.05) is 13.8 Å². The number of primary amides is 1. The zero-order valence-electron chi connectivity index (χ0n) is 10.2. The smallest absolute Gasteiger partial charge is 0.245 e. The number of hydroxylamine groups is 1. The van der Waals surface area contributed by atoms with Crippen LogP contribution in [0.5, 0.6) is 5.75 Å². The van der Waals surface area contributed by atoms with Crippen LogP contribution < -0.4 is 16.0 Å². The number of aryl methyl sites for hydroxylation is 1. The lowest BCUT2D eigenvalue weighted by molar-refractivity contribution is -0.125. The van der Waals surface area contributed by atoms with Crippen molar-refractivity contribution in [3.05, 3.63) is 23.0 Å². The molecule has 17 heavy (non-hydrogen) atoms. The molecule has 0 aliphatic rings. The Balaban J connectivity index is 2.63. The minimum atomic E-state index is -0.524. The average Bonchev–Trinajstić information content (AvgIpc) is 2.27. The van der Waals surface area contributed by atoms with Gasteiger partial charge in [-0.3, -0.25) is 14.6 Å². The van der Waals surface area contributed by atoms with Crippen molar-refractivity contribution in [2.24, 2.45) is 5.73 Å². The third-order valence-electron chi connectivity index (χ3n) is 2.31. The number of pyridine rings is 1. The summed E-state index contributed by atoms with van der Waals surface area (Å²) in [5.41, 5.74) is 10.3. The number of nitrogens with one attached hydrogen (secondary N) is 1. The highest BCUT2D eigenvalue weighted by Gasteiger charge is 2.09. The van der Waals surface area contributed by atoms with Crippen LogP contribution in [0.25, 0.3) is 0 Å². The molecule has 0 fully saturated rings. The zero-order valence-corrected chi connectivity index (χ0v) is 10.2. The standard InChI is InChI=1S/C11H17N3O3/c1-7-4-13-9(8(2)11(7)16-3)5-14-17-6-10(12)15/h4,14H,5-6H2,1-3H3,(H2,12,15). The summed E-state index contributed by atoms with van der Waals surface area (Å²) in [5, 5.41) is 0. The molecule has 0 saturated heterocycles. The topological polar surface area (TPSA) is 86.5 Å². The van der Waals surface area contributed by atoms with E-state index in [1.54, 1.807) is 13.3 Å². The number of carbonyl (C=O) groups excluding carboxylic acids is 1. The van der Waals surface area contributed by atoms with Gasteiger partial charge in [0, 0.05) is 17.3 Å². The molecule has 94 valence electrons. The molecule has 0 aliphatic heterocycles. The number of methoxy groups -OCH3 is 1. The molecular formula is C11H17N3O3. The summed E-state index contributed by atoms with van der Waals surface area (Å²) >= 11 is 0. The van der Waals surface area contributed by atoms with Crippen LogP contribution in [-0.4, -0.2) is 24.6 Å². The van der Waals surface area contributed by atoms with Crippen molar-refractivity contribution in [2.45, 2.75) is 20.4 Å². The highest BCUT2D eigenvalue weighted by atomic mass is 16.6. The molecule has 1 aromatic rings.